The summed E-state index contributed by atoms with van der Waals surface area (Å²) in [4.78, 5) is 4.12. The Balaban J connectivity index is 0.00000529. The van der Waals surface area contributed by atoms with E-state index in [2.05, 4.69) is 36.4 Å². The van der Waals surface area contributed by atoms with Crippen LogP contribution in [0.4, 0.5) is 13.2 Å². The van der Waals surface area contributed by atoms with Crippen LogP contribution in [0.3, 0.4) is 0 Å². The van der Waals surface area contributed by atoms with Crippen LogP contribution in [0.15, 0.2) is 4.99 Å². The van der Waals surface area contributed by atoms with Gasteiger partial charge in [-0.25, -0.2) is 0 Å². The Morgan fingerprint density at radius 2 is 1.88 bits per heavy atom. The molecule has 1 aliphatic rings. The fourth-order valence-electron chi connectivity index (χ4n) is 2.94. The van der Waals surface area contributed by atoms with Crippen LogP contribution in [-0.2, 0) is 4.74 Å². The molecule has 0 amide bonds. The second-order valence-electron chi connectivity index (χ2n) is 7.29. The lowest BCUT2D eigenvalue weighted by Crippen LogP contribution is -2.49. The predicted molar refractivity (Wildman–Crippen MR) is 102 cm³/mol. The third-order valence-corrected chi connectivity index (χ3v) is 4.41. The topological polar surface area (TPSA) is 45.7 Å². The molecule has 3 atom stereocenters. The third-order valence-electron chi connectivity index (χ3n) is 4.41. The number of methoxy groups -OCH3 is 1. The van der Waals surface area contributed by atoms with Crippen molar-refractivity contribution >= 4 is 29.9 Å². The number of rotatable bonds is 4. The molecule has 0 aromatic rings. The first-order valence-electron chi connectivity index (χ1n) is 8.14. The summed E-state index contributed by atoms with van der Waals surface area (Å²) >= 11 is 0. The van der Waals surface area contributed by atoms with Crippen LogP contribution in [0.2, 0.25) is 0 Å². The molecule has 0 radical (unpaired) electrons. The Morgan fingerprint density at radius 1 is 1.25 bits per heavy atom. The average molecular weight is 465 g/mol. The molecule has 1 saturated carbocycles. The lowest BCUT2D eigenvalue weighted by atomic mass is 9.85. The van der Waals surface area contributed by atoms with Crippen molar-refractivity contribution in [1.82, 2.24) is 10.6 Å². The van der Waals surface area contributed by atoms with E-state index in [9.17, 15) is 13.2 Å². The van der Waals surface area contributed by atoms with Gasteiger partial charge >= 0.3 is 6.18 Å². The highest BCUT2D eigenvalue weighted by molar-refractivity contribution is 14.0. The van der Waals surface area contributed by atoms with Crippen molar-refractivity contribution in [2.45, 2.75) is 64.8 Å². The Bertz CT molecular complexity index is 397. The van der Waals surface area contributed by atoms with Gasteiger partial charge in [0, 0.05) is 26.7 Å². The molecule has 8 heteroatoms. The second-order valence-corrected chi connectivity index (χ2v) is 7.29. The van der Waals surface area contributed by atoms with Gasteiger partial charge in [-0.15, -0.1) is 24.0 Å². The smallest absolute Gasteiger partial charge is 0.379 e. The molecule has 3 unspecified atom stereocenters. The molecule has 0 spiro atoms. The Labute approximate surface area is 160 Å². The molecule has 0 aliphatic heterocycles. The van der Waals surface area contributed by atoms with E-state index in [1.165, 1.54) is 0 Å². The molecule has 2 N–H and O–H groups in total. The summed E-state index contributed by atoms with van der Waals surface area (Å²) in [5, 5.41) is 6.28. The van der Waals surface area contributed by atoms with Crippen molar-refractivity contribution in [3.8, 4) is 0 Å². The van der Waals surface area contributed by atoms with Crippen LogP contribution in [0.5, 0.6) is 0 Å². The van der Waals surface area contributed by atoms with Crippen LogP contribution in [0, 0.1) is 11.3 Å². The number of nitrogens with zero attached hydrogens (tertiary/aromatic N) is 1. The van der Waals surface area contributed by atoms with Crippen LogP contribution < -0.4 is 10.6 Å². The summed E-state index contributed by atoms with van der Waals surface area (Å²) in [6.45, 7) is 6.78. The quantitative estimate of drug-likeness (QED) is 0.376. The first kappa shape index (κ1) is 23.8. The molecule has 0 heterocycles. The van der Waals surface area contributed by atoms with E-state index in [4.69, 9.17) is 4.74 Å². The first-order valence-corrected chi connectivity index (χ1v) is 8.14. The van der Waals surface area contributed by atoms with Crippen LogP contribution in [0.1, 0.15) is 46.5 Å². The van der Waals surface area contributed by atoms with Crippen LogP contribution in [-0.4, -0.2) is 45.0 Å². The van der Waals surface area contributed by atoms with Crippen LogP contribution in [0.25, 0.3) is 0 Å². The van der Waals surface area contributed by atoms with Gasteiger partial charge in [0.25, 0.3) is 0 Å². The molecule has 0 bridgehead atoms. The zero-order valence-electron chi connectivity index (χ0n) is 15.2. The molecule has 4 nitrogen and oxygen atoms in total. The van der Waals surface area contributed by atoms with Gasteiger partial charge in [0.2, 0.25) is 0 Å². The minimum absolute atomic E-state index is 0. The number of aliphatic imine (C=N–C) groups is 1. The third kappa shape index (κ3) is 7.76. The summed E-state index contributed by atoms with van der Waals surface area (Å²) in [6.07, 6.45) is -2.47. The molecule has 24 heavy (non-hydrogen) atoms. The summed E-state index contributed by atoms with van der Waals surface area (Å²) in [5.41, 5.74) is -0.0349. The van der Waals surface area contributed by atoms with Crippen molar-refractivity contribution in [3.05, 3.63) is 0 Å². The zero-order valence-corrected chi connectivity index (χ0v) is 17.5. The lowest BCUT2D eigenvalue weighted by molar-refractivity contribution is -0.183. The summed E-state index contributed by atoms with van der Waals surface area (Å²) in [5.74, 6) is -0.683. The standard InChI is InChI=1S/C16H30F3N3O.HI/c1-15(2,3)13(23-5)10-21-14(20-4)22-12-8-6-7-11(9-12)16(17,18)19;/h11-13H,6-10H2,1-5H3,(H2,20,21,22);1H. The highest BCUT2D eigenvalue weighted by Gasteiger charge is 2.42. The maximum Gasteiger partial charge on any atom is 0.391 e. The fourth-order valence-corrected chi connectivity index (χ4v) is 2.94. The number of nitrogens with one attached hydrogen (secondary N) is 2. The number of alkyl halides is 3. The lowest BCUT2D eigenvalue weighted by Gasteiger charge is -2.33. The molecule has 0 aromatic heterocycles. The molecule has 1 fully saturated rings. The van der Waals surface area contributed by atoms with Crippen molar-refractivity contribution in [2.75, 3.05) is 20.7 Å². The Kier molecular flexibility index (Phi) is 9.93. The first-order chi connectivity index (χ1) is 10.6. The largest absolute Gasteiger partial charge is 0.391 e. The number of halogens is 4. The average Bonchev–Trinajstić information content (AvgIpc) is 2.44. The molecule has 0 aromatic carbocycles. The van der Waals surface area contributed by atoms with E-state index in [-0.39, 0.29) is 54.4 Å². The van der Waals surface area contributed by atoms with E-state index < -0.39 is 12.1 Å². The molecular formula is C16H31F3IN3O. The number of hydrogen-bond donors (Lipinski definition) is 2. The highest BCUT2D eigenvalue weighted by atomic mass is 127. The van der Waals surface area contributed by atoms with Gasteiger partial charge in [-0.05, 0) is 24.7 Å². The van der Waals surface area contributed by atoms with E-state index in [0.29, 0.717) is 18.9 Å². The number of guanidine groups is 1. The molecule has 144 valence electrons. The summed E-state index contributed by atoms with van der Waals surface area (Å²) in [6, 6.07) is -0.197. The van der Waals surface area contributed by atoms with Crippen molar-refractivity contribution in [1.29, 1.82) is 0 Å². The SMILES string of the molecule is CN=C(NCC(OC)C(C)(C)C)NC1CCCC(C(F)(F)F)C1.I. The Hall–Kier alpha value is -0.250. The van der Waals surface area contributed by atoms with Gasteiger partial charge in [-0.1, -0.05) is 27.2 Å². The normalized spacial score (nSPS) is 24.1. The van der Waals surface area contributed by atoms with E-state index >= 15 is 0 Å². The number of hydrogen-bond acceptors (Lipinski definition) is 2. The van der Waals surface area contributed by atoms with E-state index in [1.807, 2.05) is 0 Å². The maximum absolute atomic E-state index is 12.9. The molecule has 1 rings (SSSR count). The van der Waals surface area contributed by atoms with Gasteiger partial charge in [-0.2, -0.15) is 13.2 Å². The predicted octanol–water partition coefficient (Wildman–Crippen LogP) is 3.95. The van der Waals surface area contributed by atoms with E-state index in [1.54, 1.807) is 14.2 Å². The highest BCUT2D eigenvalue weighted by Crippen LogP contribution is 2.37. The molecule has 1 aliphatic carbocycles. The van der Waals surface area contributed by atoms with E-state index in [0.717, 1.165) is 6.42 Å². The Morgan fingerprint density at radius 3 is 2.33 bits per heavy atom. The maximum atomic E-state index is 12.9. The van der Waals surface area contributed by atoms with Crippen molar-refractivity contribution in [2.24, 2.45) is 16.3 Å². The second kappa shape index (κ2) is 10.0. The monoisotopic (exact) mass is 465 g/mol. The van der Waals surface area contributed by atoms with Gasteiger partial charge < -0.3 is 15.4 Å². The van der Waals surface area contributed by atoms with Gasteiger partial charge in [0.15, 0.2) is 5.96 Å². The van der Waals surface area contributed by atoms with Gasteiger partial charge in [0.1, 0.15) is 0 Å². The minimum atomic E-state index is -4.11. The molecular weight excluding hydrogens is 434 g/mol. The molecule has 0 saturated heterocycles. The van der Waals surface area contributed by atoms with Crippen LogP contribution >= 0.6 is 24.0 Å². The summed E-state index contributed by atoms with van der Waals surface area (Å²) in [7, 11) is 3.28. The van der Waals surface area contributed by atoms with Crippen molar-refractivity contribution in [3.63, 3.8) is 0 Å². The zero-order chi connectivity index (χ0) is 17.7. The fraction of sp³-hybridized carbons (Fsp3) is 0.938. The van der Waals surface area contributed by atoms with Gasteiger partial charge in [-0.3, -0.25) is 4.99 Å². The van der Waals surface area contributed by atoms with Gasteiger partial charge in [0.05, 0.1) is 12.0 Å². The minimum Gasteiger partial charge on any atom is -0.379 e. The summed E-state index contributed by atoms with van der Waals surface area (Å²) < 4.78 is 44.1. The van der Waals surface area contributed by atoms with Crippen molar-refractivity contribution < 1.29 is 17.9 Å². The number of ether oxygens (including phenoxy) is 1.